The Labute approximate surface area is 120 Å². The maximum absolute atomic E-state index is 11.8. The average molecular weight is 300 g/mol. The normalized spacial score (nSPS) is 16.9. The summed E-state index contributed by atoms with van der Waals surface area (Å²) in [5.41, 5.74) is 0. The topological polar surface area (TPSA) is 83.6 Å². The summed E-state index contributed by atoms with van der Waals surface area (Å²) in [6.45, 7) is 0.283. The van der Waals surface area contributed by atoms with Crippen molar-refractivity contribution in [2.75, 3.05) is 18.8 Å². The van der Waals surface area contributed by atoms with Gasteiger partial charge in [0.25, 0.3) is 5.91 Å². The van der Waals surface area contributed by atoms with Crippen molar-refractivity contribution >= 4 is 21.8 Å². The standard InChI is InChI=1S/C13H20N2O4S/c1-2-3-10-20(18,19)14-12(16)11-15-9-7-5-4-6-8-13(15)17/h1H,3-11H2,(H,14,16). The Hall–Kier alpha value is -1.55. The number of likely N-dealkylation sites (tertiary alicyclic amines) is 1. The van der Waals surface area contributed by atoms with Crippen LogP contribution in [0.2, 0.25) is 0 Å². The Morgan fingerprint density at radius 3 is 2.70 bits per heavy atom. The number of terminal acetylenes is 1. The van der Waals surface area contributed by atoms with Gasteiger partial charge in [0.15, 0.2) is 0 Å². The van der Waals surface area contributed by atoms with Crippen molar-refractivity contribution in [1.29, 1.82) is 0 Å². The largest absolute Gasteiger partial charge is 0.333 e. The van der Waals surface area contributed by atoms with E-state index in [1.54, 1.807) is 0 Å². The number of carbonyl (C=O) groups excluding carboxylic acids is 2. The monoisotopic (exact) mass is 300 g/mol. The Kier molecular flexibility index (Phi) is 6.52. The summed E-state index contributed by atoms with van der Waals surface area (Å²) in [5, 5.41) is 0. The number of hydrogen-bond acceptors (Lipinski definition) is 4. The average Bonchev–Trinajstić information content (AvgIpc) is 2.35. The van der Waals surface area contributed by atoms with Crippen LogP contribution >= 0.6 is 0 Å². The van der Waals surface area contributed by atoms with Crippen molar-refractivity contribution in [1.82, 2.24) is 9.62 Å². The lowest BCUT2D eigenvalue weighted by molar-refractivity contribution is -0.136. The summed E-state index contributed by atoms with van der Waals surface area (Å²) in [4.78, 5) is 24.9. The lowest BCUT2D eigenvalue weighted by Crippen LogP contribution is -2.43. The van der Waals surface area contributed by atoms with E-state index >= 15 is 0 Å². The predicted octanol–water partition coefficient (Wildman–Crippen LogP) is 0.248. The van der Waals surface area contributed by atoms with Gasteiger partial charge >= 0.3 is 0 Å². The van der Waals surface area contributed by atoms with E-state index in [2.05, 4.69) is 5.92 Å². The fraction of sp³-hybridized carbons (Fsp3) is 0.692. The molecule has 20 heavy (non-hydrogen) atoms. The lowest BCUT2D eigenvalue weighted by atomic mass is 10.1. The van der Waals surface area contributed by atoms with E-state index in [1.165, 1.54) is 4.90 Å². The molecule has 0 bridgehead atoms. The van der Waals surface area contributed by atoms with E-state index in [9.17, 15) is 18.0 Å². The van der Waals surface area contributed by atoms with Crippen LogP contribution in [-0.2, 0) is 19.6 Å². The fourth-order valence-electron chi connectivity index (χ4n) is 2.01. The van der Waals surface area contributed by atoms with Gasteiger partial charge < -0.3 is 4.90 Å². The van der Waals surface area contributed by atoms with Gasteiger partial charge in [0.1, 0.15) is 6.54 Å². The van der Waals surface area contributed by atoms with Crippen molar-refractivity contribution < 1.29 is 18.0 Å². The van der Waals surface area contributed by atoms with Crippen LogP contribution in [0.25, 0.3) is 0 Å². The summed E-state index contributed by atoms with van der Waals surface area (Å²) in [6.07, 6.45) is 9.14. The maximum atomic E-state index is 11.8. The van der Waals surface area contributed by atoms with Gasteiger partial charge in [-0.15, -0.1) is 12.3 Å². The molecule has 0 radical (unpaired) electrons. The van der Waals surface area contributed by atoms with Gasteiger partial charge in [-0.25, -0.2) is 8.42 Å². The third-order valence-electron chi connectivity index (χ3n) is 3.04. The second kappa shape index (κ2) is 7.90. The highest BCUT2D eigenvalue weighted by Crippen LogP contribution is 2.11. The Morgan fingerprint density at radius 2 is 2.00 bits per heavy atom. The predicted molar refractivity (Wildman–Crippen MR) is 75.0 cm³/mol. The highest BCUT2D eigenvalue weighted by atomic mass is 32.2. The number of sulfonamides is 1. The molecule has 1 aliphatic rings. The molecule has 7 heteroatoms. The highest BCUT2D eigenvalue weighted by Gasteiger charge is 2.21. The minimum Gasteiger partial charge on any atom is -0.333 e. The van der Waals surface area contributed by atoms with Crippen molar-refractivity contribution in [2.24, 2.45) is 0 Å². The minimum atomic E-state index is -3.71. The first-order chi connectivity index (χ1) is 9.44. The fourth-order valence-corrected chi connectivity index (χ4v) is 2.91. The summed E-state index contributed by atoms with van der Waals surface area (Å²) in [6, 6.07) is 0. The van der Waals surface area contributed by atoms with Crippen LogP contribution in [0.15, 0.2) is 0 Å². The number of nitrogens with zero attached hydrogens (tertiary/aromatic N) is 1. The molecule has 1 aliphatic heterocycles. The lowest BCUT2D eigenvalue weighted by Gasteiger charge is -2.24. The zero-order valence-electron chi connectivity index (χ0n) is 11.4. The first-order valence-electron chi connectivity index (χ1n) is 6.69. The first kappa shape index (κ1) is 16.5. The van der Waals surface area contributed by atoms with E-state index < -0.39 is 15.9 Å². The Bertz CT molecular complexity index is 493. The molecular weight excluding hydrogens is 280 g/mol. The van der Waals surface area contributed by atoms with E-state index in [0.717, 1.165) is 25.7 Å². The Morgan fingerprint density at radius 1 is 1.30 bits per heavy atom. The summed E-state index contributed by atoms with van der Waals surface area (Å²) in [7, 11) is -3.71. The third kappa shape index (κ3) is 6.06. The molecule has 1 N–H and O–H groups in total. The maximum Gasteiger partial charge on any atom is 0.253 e. The molecule has 0 aromatic carbocycles. The smallest absolute Gasteiger partial charge is 0.253 e. The van der Waals surface area contributed by atoms with E-state index in [1.807, 2.05) is 4.72 Å². The minimum absolute atomic E-state index is 0.0469. The van der Waals surface area contributed by atoms with Crippen LogP contribution in [-0.4, -0.2) is 44.0 Å². The number of nitrogens with one attached hydrogen (secondary N) is 1. The molecular formula is C13H20N2O4S. The molecule has 112 valence electrons. The highest BCUT2D eigenvalue weighted by molar-refractivity contribution is 7.90. The molecule has 1 fully saturated rings. The molecule has 1 saturated heterocycles. The molecule has 1 rings (SSSR count). The van der Waals surface area contributed by atoms with Gasteiger partial charge in [-0.1, -0.05) is 12.8 Å². The van der Waals surface area contributed by atoms with Gasteiger partial charge in [-0.05, 0) is 12.8 Å². The molecule has 0 unspecified atom stereocenters. The van der Waals surface area contributed by atoms with Crippen molar-refractivity contribution in [3.05, 3.63) is 0 Å². The van der Waals surface area contributed by atoms with Crippen LogP contribution in [0.3, 0.4) is 0 Å². The van der Waals surface area contributed by atoms with Gasteiger partial charge in [0.05, 0.1) is 5.75 Å². The van der Waals surface area contributed by atoms with Gasteiger partial charge in [0.2, 0.25) is 15.9 Å². The summed E-state index contributed by atoms with van der Waals surface area (Å²) >= 11 is 0. The summed E-state index contributed by atoms with van der Waals surface area (Å²) in [5.74, 6) is 1.14. The number of amides is 2. The number of carbonyl (C=O) groups is 2. The molecule has 0 saturated carbocycles. The van der Waals surface area contributed by atoms with Crippen LogP contribution in [0, 0.1) is 12.3 Å². The molecule has 2 amide bonds. The van der Waals surface area contributed by atoms with E-state index in [4.69, 9.17) is 6.42 Å². The zero-order valence-corrected chi connectivity index (χ0v) is 12.2. The van der Waals surface area contributed by atoms with E-state index in [-0.39, 0.29) is 24.6 Å². The van der Waals surface area contributed by atoms with Gasteiger partial charge in [-0.3, -0.25) is 14.3 Å². The van der Waals surface area contributed by atoms with Crippen molar-refractivity contribution in [3.63, 3.8) is 0 Å². The van der Waals surface area contributed by atoms with Crippen LogP contribution in [0.5, 0.6) is 0 Å². The molecule has 0 aliphatic carbocycles. The van der Waals surface area contributed by atoms with Crippen molar-refractivity contribution in [2.45, 2.75) is 38.5 Å². The summed E-state index contributed by atoms with van der Waals surface area (Å²) < 4.78 is 25.0. The third-order valence-corrected chi connectivity index (χ3v) is 4.32. The van der Waals surface area contributed by atoms with E-state index in [0.29, 0.717) is 13.0 Å². The Balaban J connectivity index is 2.51. The quantitative estimate of drug-likeness (QED) is 0.738. The molecule has 0 aromatic heterocycles. The van der Waals surface area contributed by atoms with Crippen molar-refractivity contribution in [3.8, 4) is 12.3 Å². The van der Waals surface area contributed by atoms with Gasteiger partial charge in [-0.2, -0.15) is 0 Å². The van der Waals surface area contributed by atoms with Crippen LogP contribution in [0.1, 0.15) is 38.5 Å². The van der Waals surface area contributed by atoms with Gasteiger partial charge in [0, 0.05) is 19.4 Å². The number of rotatable bonds is 5. The van der Waals surface area contributed by atoms with Crippen LogP contribution < -0.4 is 4.72 Å². The molecule has 0 aromatic rings. The zero-order chi connectivity index (χ0) is 15.0. The molecule has 0 atom stereocenters. The number of hydrogen-bond donors (Lipinski definition) is 1. The second-order valence-electron chi connectivity index (χ2n) is 4.78. The van der Waals surface area contributed by atoms with Crippen LogP contribution in [0.4, 0.5) is 0 Å². The molecule has 6 nitrogen and oxygen atoms in total. The SMILES string of the molecule is C#CCCS(=O)(=O)NC(=O)CN1CCCCCCC1=O. The molecule has 1 heterocycles. The molecule has 0 spiro atoms. The first-order valence-corrected chi connectivity index (χ1v) is 8.34. The second-order valence-corrected chi connectivity index (χ2v) is 6.62.